The van der Waals surface area contributed by atoms with Crippen molar-refractivity contribution >= 4 is 5.91 Å². The lowest BCUT2D eigenvalue weighted by Crippen LogP contribution is -2.46. The molecule has 1 fully saturated rings. The second-order valence-electron chi connectivity index (χ2n) is 6.93. The standard InChI is InChI=1S/C15H26N4O2/c1-4-5-11-17-12(19-18-11)13(20)16-10-15(21)8-6-14(2,3)7-9-15/h21H,4-10H2,1-3H3,(H,16,20)(H,17,18,19). The topological polar surface area (TPSA) is 90.9 Å². The fourth-order valence-corrected chi connectivity index (χ4v) is 2.64. The Morgan fingerprint density at radius 2 is 2.00 bits per heavy atom. The van der Waals surface area contributed by atoms with Gasteiger partial charge >= 0.3 is 0 Å². The quantitative estimate of drug-likeness (QED) is 0.772. The Morgan fingerprint density at radius 3 is 2.62 bits per heavy atom. The third-order valence-electron chi connectivity index (χ3n) is 4.33. The molecule has 1 aliphatic carbocycles. The van der Waals surface area contributed by atoms with E-state index in [-0.39, 0.29) is 23.7 Å². The van der Waals surface area contributed by atoms with Crippen molar-refractivity contribution in [3.63, 3.8) is 0 Å². The smallest absolute Gasteiger partial charge is 0.291 e. The summed E-state index contributed by atoms with van der Waals surface area (Å²) in [5.41, 5.74) is -0.511. The highest BCUT2D eigenvalue weighted by molar-refractivity contribution is 5.90. The zero-order chi connectivity index (χ0) is 15.5. The number of amides is 1. The number of hydrogen-bond donors (Lipinski definition) is 3. The average molecular weight is 294 g/mol. The van der Waals surface area contributed by atoms with Crippen LogP contribution in [-0.4, -0.2) is 38.3 Å². The van der Waals surface area contributed by atoms with Gasteiger partial charge in [-0.2, -0.15) is 0 Å². The molecule has 1 aromatic heterocycles. The van der Waals surface area contributed by atoms with E-state index >= 15 is 0 Å². The lowest BCUT2D eigenvalue weighted by Gasteiger charge is -2.40. The van der Waals surface area contributed by atoms with E-state index in [0.29, 0.717) is 0 Å². The Bertz CT molecular complexity index is 486. The molecule has 0 atom stereocenters. The minimum atomic E-state index is -0.798. The number of nitrogens with zero attached hydrogens (tertiary/aromatic N) is 2. The van der Waals surface area contributed by atoms with Gasteiger partial charge in [-0.05, 0) is 37.5 Å². The molecule has 1 saturated carbocycles. The number of aliphatic hydroxyl groups is 1. The second-order valence-corrected chi connectivity index (χ2v) is 6.93. The molecule has 21 heavy (non-hydrogen) atoms. The molecule has 118 valence electrons. The van der Waals surface area contributed by atoms with Gasteiger partial charge in [-0.1, -0.05) is 20.8 Å². The van der Waals surface area contributed by atoms with Crippen LogP contribution in [0, 0.1) is 5.41 Å². The molecule has 2 rings (SSSR count). The van der Waals surface area contributed by atoms with Gasteiger partial charge in [0.15, 0.2) is 0 Å². The Labute approximate surface area is 125 Å². The van der Waals surface area contributed by atoms with Gasteiger partial charge in [-0.3, -0.25) is 9.89 Å². The van der Waals surface area contributed by atoms with Gasteiger partial charge in [-0.25, -0.2) is 4.98 Å². The summed E-state index contributed by atoms with van der Waals surface area (Å²) in [4.78, 5) is 16.2. The summed E-state index contributed by atoms with van der Waals surface area (Å²) < 4.78 is 0. The van der Waals surface area contributed by atoms with E-state index in [1.54, 1.807) is 0 Å². The summed E-state index contributed by atoms with van der Waals surface area (Å²) in [6.45, 7) is 6.74. The van der Waals surface area contributed by atoms with Crippen molar-refractivity contribution in [3.8, 4) is 0 Å². The fourth-order valence-electron chi connectivity index (χ4n) is 2.64. The maximum absolute atomic E-state index is 12.0. The van der Waals surface area contributed by atoms with Crippen LogP contribution >= 0.6 is 0 Å². The fraction of sp³-hybridized carbons (Fsp3) is 0.800. The van der Waals surface area contributed by atoms with Crippen LogP contribution in [0.4, 0.5) is 0 Å². The Morgan fingerprint density at radius 1 is 1.33 bits per heavy atom. The molecule has 0 bridgehead atoms. The first kappa shape index (κ1) is 15.9. The van der Waals surface area contributed by atoms with Crippen molar-refractivity contribution in [2.45, 2.75) is 64.9 Å². The maximum Gasteiger partial charge on any atom is 0.291 e. The number of aromatic nitrogens is 3. The van der Waals surface area contributed by atoms with Crippen LogP contribution in [0.15, 0.2) is 0 Å². The number of carbonyl (C=O) groups excluding carboxylic acids is 1. The number of H-pyrrole nitrogens is 1. The summed E-state index contributed by atoms with van der Waals surface area (Å²) in [5, 5.41) is 20.0. The Balaban J connectivity index is 1.85. The van der Waals surface area contributed by atoms with Crippen LogP contribution < -0.4 is 5.32 Å². The molecule has 0 aliphatic heterocycles. The first-order valence-electron chi connectivity index (χ1n) is 7.75. The van der Waals surface area contributed by atoms with E-state index in [0.717, 1.165) is 44.3 Å². The normalized spacial score (nSPS) is 20.2. The van der Waals surface area contributed by atoms with E-state index in [4.69, 9.17) is 0 Å². The molecule has 1 heterocycles. The second kappa shape index (κ2) is 6.13. The molecule has 6 nitrogen and oxygen atoms in total. The van der Waals surface area contributed by atoms with Crippen LogP contribution in [0.25, 0.3) is 0 Å². The van der Waals surface area contributed by atoms with Crippen LogP contribution in [0.3, 0.4) is 0 Å². The molecule has 0 unspecified atom stereocenters. The number of rotatable bonds is 5. The van der Waals surface area contributed by atoms with Crippen molar-refractivity contribution < 1.29 is 9.90 Å². The van der Waals surface area contributed by atoms with Gasteiger partial charge in [-0.15, -0.1) is 5.10 Å². The molecular weight excluding hydrogens is 268 g/mol. The number of carbonyl (C=O) groups is 1. The molecule has 1 amide bonds. The molecule has 0 radical (unpaired) electrons. The zero-order valence-corrected chi connectivity index (χ0v) is 13.2. The van der Waals surface area contributed by atoms with Crippen LogP contribution in [0.5, 0.6) is 0 Å². The van der Waals surface area contributed by atoms with Crippen molar-refractivity contribution in [2.75, 3.05) is 6.54 Å². The van der Waals surface area contributed by atoms with Gasteiger partial charge in [0.2, 0.25) is 5.82 Å². The highest BCUT2D eigenvalue weighted by Crippen LogP contribution is 2.39. The Kier molecular flexibility index (Phi) is 4.66. The van der Waals surface area contributed by atoms with Crippen molar-refractivity contribution in [2.24, 2.45) is 5.41 Å². The van der Waals surface area contributed by atoms with E-state index in [2.05, 4.69) is 34.3 Å². The van der Waals surface area contributed by atoms with Gasteiger partial charge in [0.05, 0.1) is 5.60 Å². The monoisotopic (exact) mass is 294 g/mol. The number of nitrogens with one attached hydrogen (secondary N) is 2. The molecule has 0 spiro atoms. The first-order valence-corrected chi connectivity index (χ1v) is 7.75. The van der Waals surface area contributed by atoms with E-state index in [1.807, 2.05) is 6.92 Å². The molecule has 1 aromatic rings. The van der Waals surface area contributed by atoms with Gasteiger partial charge in [0, 0.05) is 13.0 Å². The maximum atomic E-state index is 12.0. The van der Waals surface area contributed by atoms with E-state index < -0.39 is 5.60 Å². The predicted octanol–water partition coefficient (Wildman–Crippen LogP) is 1.82. The summed E-state index contributed by atoms with van der Waals surface area (Å²) >= 11 is 0. The largest absolute Gasteiger partial charge is 0.388 e. The first-order chi connectivity index (χ1) is 9.84. The van der Waals surface area contributed by atoms with Gasteiger partial charge in [0.25, 0.3) is 5.91 Å². The highest BCUT2D eigenvalue weighted by Gasteiger charge is 2.36. The summed E-state index contributed by atoms with van der Waals surface area (Å²) in [6.07, 6.45) is 5.11. The lowest BCUT2D eigenvalue weighted by atomic mass is 9.71. The highest BCUT2D eigenvalue weighted by atomic mass is 16.3. The lowest BCUT2D eigenvalue weighted by molar-refractivity contribution is -0.0233. The van der Waals surface area contributed by atoms with Crippen LogP contribution in [0.2, 0.25) is 0 Å². The van der Waals surface area contributed by atoms with E-state index in [1.165, 1.54) is 0 Å². The minimum Gasteiger partial charge on any atom is -0.388 e. The number of aromatic amines is 1. The number of hydrogen-bond acceptors (Lipinski definition) is 4. The van der Waals surface area contributed by atoms with Gasteiger partial charge < -0.3 is 10.4 Å². The molecule has 6 heteroatoms. The summed E-state index contributed by atoms with van der Waals surface area (Å²) in [7, 11) is 0. The van der Waals surface area contributed by atoms with Crippen molar-refractivity contribution in [3.05, 3.63) is 11.6 Å². The van der Waals surface area contributed by atoms with Crippen molar-refractivity contribution in [1.29, 1.82) is 0 Å². The van der Waals surface area contributed by atoms with Crippen LogP contribution in [0.1, 0.15) is 69.3 Å². The van der Waals surface area contributed by atoms with Crippen LogP contribution in [-0.2, 0) is 6.42 Å². The molecule has 1 aliphatic rings. The molecule has 0 saturated heterocycles. The molecular formula is C15H26N4O2. The van der Waals surface area contributed by atoms with Crippen molar-refractivity contribution in [1.82, 2.24) is 20.5 Å². The SMILES string of the molecule is CCCc1nc(C(=O)NCC2(O)CCC(C)(C)CC2)n[nH]1. The molecule has 3 N–H and O–H groups in total. The Hall–Kier alpha value is -1.43. The molecule has 0 aromatic carbocycles. The predicted molar refractivity (Wildman–Crippen MR) is 79.9 cm³/mol. The average Bonchev–Trinajstić information content (AvgIpc) is 2.90. The summed E-state index contributed by atoms with van der Waals surface area (Å²) in [5.74, 6) is 0.547. The third kappa shape index (κ3) is 4.27. The van der Waals surface area contributed by atoms with E-state index in [9.17, 15) is 9.90 Å². The van der Waals surface area contributed by atoms with Gasteiger partial charge in [0.1, 0.15) is 5.82 Å². The summed E-state index contributed by atoms with van der Waals surface area (Å²) in [6, 6.07) is 0. The third-order valence-corrected chi connectivity index (χ3v) is 4.33. The number of aryl methyl sites for hydroxylation is 1. The minimum absolute atomic E-state index is 0.151. The zero-order valence-electron chi connectivity index (χ0n) is 13.2.